The normalized spacial score (nSPS) is 27.3. The van der Waals surface area contributed by atoms with Crippen molar-refractivity contribution >= 4 is 5.91 Å². The molecule has 2 heterocycles. The van der Waals surface area contributed by atoms with Crippen LogP contribution in [0.1, 0.15) is 51.4 Å². The first-order chi connectivity index (χ1) is 9.27. The quantitative estimate of drug-likeness (QED) is 0.787. The maximum atomic E-state index is 12.3. The minimum absolute atomic E-state index is 0.296. The Hall–Kier alpha value is -0.610. The number of ether oxygens (including phenoxy) is 2. The summed E-state index contributed by atoms with van der Waals surface area (Å²) in [6, 6.07) is 0. The number of nitrogens with zero attached hydrogens (tertiary/aromatic N) is 1. The molecular weight excluding hydrogens is 242 g/mol. The van der Waals surface area contributed by atoms with Crippen molar-refractivity contribution in [3.63, 3.8) is 0 Å². The number of likely N-dealkylation sites (tertiary alicyclic amines) is 1. The van der Waals surface area contributed by atoms with E-state index < -0.39 is 5.79 Å². The molecule has 2 saturated heterocycles. The summed E-state index contributed by atoms with van der Waals surface area (Å²) in [6.45, 7) is 2.85. The molecule has 4 nitrogen and oxygen atoms in total. The summed E-state index contributed by atoms with van der Waals surface area (Å²) in [5, 5.41) is 0. The number of hydrogen-bond donors (Lipinski definition) is 0. The molecule has 0 N–H and O–H groups in total. The molecule has 3 aliphatic rings. The largest absolute Gasteiger partial charge is 0.346 e. The molecule has 19 heavy (non-hydrogen) atoms. The zero-order chi connectivity index (χ0) is 13.1. The van der Waals surface area contributed by atoms with Gasteiger partial charge in [-0.3, -0.25) is 4.79 Å². The molecule has 0 unspecified atom stereocenters. The van der Waals surface area contributed by atoms with Crippen molar-refractivity contribution in [1.29, 1.82) is 0 Å². The molecule has 0 bridgehead atoms. The van der Waals surface area contributed by atoms with Crippen molar-refractivity contribution in [1.82, 2.24) is 4.90 Å². The molecule has 0 radical (unpaired) electrons. The number of hydrogen-bond acceptors (Lipinski definition) is 3. The topological polar surface area (TPSA) is 38.8 Å². The Morgan fingerprint density at radius 1 is 1.16 bits per heavy atom. The predicted molar refractivity (Wildman–Crippen MR) is 71.6 cm³/mol. The standard InChI is InChI=1S/C15H25NO3/c17-14(7-6-13-4-1-2-5-13)16-9-3-8-15(12-16)18-10-11-19-15/h13H,1-12H2. The van der Waals surface area contributed by atoms with Gasteiger partial charge in [-0.1, -0.05) is 25.7 Å². The van der Waals surface area contributed by atoms with Crippen LogP contribution in [0.25, 0.3) is 0 Å². The predicted octanol–water partition coefficient (Wildman–Crippen LogP) is 2.32. The highest BCUT2D eigenvalue weighted by Crippen LogP contribution is 2.32. The zero-order valence-electron chi connectivity index (χ0n) is 11.7. The SMILES string of the molecule is O=C(CCC1CCCC1)N1CCCC2(C1)OCCO2. The van der Waals surface area contributed by atoms with Crippen LogP contribution in [-0.2, 0) is 14.3 Å². The summed E-state index contributed by atoms with van der Waals surface area (Å²) in [4.78, 5) is 14.3. The fourth-order valence-corrected chi connectivity index (χ4v) is 3.72. The van der Waals surface area contributed by atoms with Crippen LogP contribution in [0.15, 0.2) is 0 Å². The maximum absolute atomic E-state index is 12.3. The second-order valence-electron chi connectivity index (χ2n) is 6.22. The Morgan fingerprint density at radius 3 is 2.63 bits per heavy atom. The molecule has 0 aromatic rings. The Morgan fingerprint density at radius 2 is 1.89 bits per heavy atom. The summed E-state index contributed by atoms with van der Waals surface area (Å²) >= 11 is 0. The first-order valence-corrected chi connectivity index (χ1v) is 7.83. The van der Waals surface area contributed by atoms with Crippen molar-refractivity contribution < 1.29 is 14.3 Å². The summed E-state index contributed by atoms with van der Waals surface area (Å²) in [5.41, 5.74) is 0. The van der Waals surface area contributed by atoms with Gasteiger partial charge < -0.3 is 14.4 Å². The number of carbonyl (C=O) groups is 1. The highest BCUT2D eigenvalue weighted by molar-refractivity contribution is 5.76. The fraction of sp³-hybridized carbons (Fsp3) is 0.933. The van der Waals surface area contributed by atoms with Crippen LogP contribution in [0.5, 0.6) is 0 Å². The summed E-state index contributed by atoms with van der Waals surface area (Å²) in [7, 11) is 0. The number of amides is 1. The molecule has 0 atom stereocenters. The van der Waals surface area contributed by atoms with E-state index in [4.69, 9.17) is 9.47 Å². The molecule has 3 fully saturated rings. The smallest absolute Gasteiger partial charge is 0.222 e. The van der Waals surface area contributed by atoms with Crippen LogP contribution in [0.2, 0.25) is 0 Å². The summed E-state index contributed by atoms with van der Waals surface area (Å²) in [5.74, 6) is 0.619. The third-order valence-corrected chi connectivity index (χ3v) is 4.82. The van der Waals surface area contributed by atoms with E-state index in [1.165, 1.54) is 25.7 Å². The van der Waals surface area contributed by atoms with Crippen molar-refractivity contribution in [2.24, 2.45) is 5.92 Å². The lowest BCUT2D eigenvalue weighted by Crippen LogP contribution is -2.51. The van der Waals surface area contributed by atoms with Gasteiger partial charge in [0.05, 0.1) is 19.8 Å². The van der Waals surface area contributed by atoms with Gasteiger partial charge in [0.25, 0.3) is 0 Å². The maximum Gasteiger partial charge on any atom is 0.222 e. The first kappa shape index (κ1) is 13.4. The summed E-state index contributed by atoms with van der Waals surface area (Å²) in [6.07, 6.45) is 9.06. The molecule has 0 aromatic heterocycles. The third-order valence-electron chi connectivity index (χ3n) is 4.82. The second-order valence-corrected chi connectivity index (χ2v) is 6.22. The molecule has 108 valence electrons. The Labute approximate surface area is 115 Å². The second kappa shape index (κ2) is 5.80. The van der Waals surface area contributed by atoms with E-state index in [0.717, 1.165) is 31.7 Å². The molecule has 0 aromatic carbocycles. The lowest BCUT2D eigenvalue weighted by atomic mass is 10.00. The molecule has 2 aliphatic heterocycles. The summed E-state index contributed by atoms with van der Waals surface area (Å²) < 4.78 is 11.4. The highest BCUT2D eigenvalue weighted by atomic mass is 16.7. The monoisotopic (exact) mass is 267 g/mol. The van der Waals surface area contributed by atoms with Gasteiger partial charge in [0.2, 0.25) is 5.91 Å². The van der Waals surface area contributed by atoms with Gasteiger partial charge in [0.15, 0.2) is 5.79 Å². The lowest BCUT2D eigenvalue weighted by molar-refractivity contribution is -0.193. The van der Waals surface area contributed by atoms with Crippen molar-refractivity contribution in [2.75, 3.05) is 26.3 Å². The van der Waals surface area contributed by atoms with Crippen molar-refractivity contribution in [2.45, 2.75) is 57.2 Å². The molecule has 3 rings (SSSR count). The van der Waals surface area contributed by atoms with E-state index in [-0.39, 0.29) is 0 Å². The molecule has 4 heteroatoms. The van der Waals surface area contributed by atoms with Gasteiger partial charge in [0.1, 0.15) is 0 Å². The van der Waals surface area contributed by atoms with Crippen LogP contribution in [0.3, 0.4) is 0 Å². The number of carbonyl (C=O) groups excluding carboxylic acids is 1. The number of piperidine rings is 1. The van der Waals surface area contributed by atoms with E-state index >= 15 is 0 Å². The van der Waals surface area contributed by atoms with E-state index in [9.17, 15) is 4.79 Å². The fourth-order valence-electron chi connectivity index (χ4n) is 3.72. The zero-order valence-corrected chi connectivity index (χ0v) is 11.7. The van der Waals surface area contributed by atoms with Crippen LogP contribution in [-0.4, -0.2) is 42.9 Å². The van der Waals surface area contributed by atoms with Gasteiger partial charge in [-0.25, -0.2) is 0 Å². The van der Waals surface area contributed by atoms with Gasteiger partial charge in [-0.2, -0.15) is 0 Å². The van der Waals surface area contributed by atoms with Gasteiger partial charge in [-0.05, 0) is 18.8 Å². The van der Waals surface area contributed by atoms with Crippen LogP contribution in [0, 0.1) is 5.92 Å². The van der Waals surface area contributed by atoms with E-state index in [1.54, 1.807) is 0 Å². The van der Waals surface area contributed by atoms with E-state index in [0.29, 0.717) is 32.1 Å². The molecular formula is C15H25NO3. The Balaban J connectivity index is 1.48. The van der Waals surface area contributed by atoms with Crippen LogP contribution in [0.4, 0.5) is 0 Å². The third kappa shape index (κ3) is 3.11. The van der Waals surface area contributed by atoms with Gasteiger partial charge in [-0.15, -0.1) is 0 Å². The Bertz CT molecular complexity index is 319. The molecule has 1 aliphatic carbocycles. The Kier molecular flexibility index (Phi) is 4.08. The minimum Gasteiger partial charge on any atom is -0.346 e. The van der Waals surface area contributed by atoms with Crippen LogP contribution < -0.4 is 0 Å². The van der Waals surface area contributed by atoms with Gasteiger partial charge >= 0.3 is 0 Å². The van der Waals surface area contributed by atoms with Crippen LogP contribution >= 0.6 is 0 Å². The highest BCUT2D eigenvalue weighted by Gasteiger charge is 2.41. The van der Waals surface area contributed by atoms with E-state index in [2.05, 4.69) is 0 Å². The molecule has 1 saturated carbocycles. The van der Waals surface area contributed by atoms with Crippen molar-refractivity contribution in [3.8, 4) is 0 Å². The number of rotatable bonds is 3. The molecule has 1 spiro atoms. The average molecular weight is 267 g/mol. The average Bonchev–Trinajstić information content (AvgIpc) is 3.08. The first-order valence-electron chi connectivity index (χ1n) is 7.83. The minimum atomic E-state index is -0.471. The van der Waals surface area contributed by atoms with Crippen molar-refractivity contribution in [3.05, 3.63) is 0 Å². The molecule has 1 amide bonds. The van der Waals surface area contributed by atoms with Gasteiger partial charge in [0, 0.05) is 19.4 Å². The lowest BCUT2D eigenvalue weighted by Gasteiger charge is -2.38. The van der Waals surface area contributed by atoms with E-state index in [1.807, 2.05) is 4.90 Å².